The third-order valence-electron chi connectivity index (χ3n) is 3.07. The Labute approximate surface area is 124 Å². The van der Waals surface area contributed by atoms with Gasteiger partial charge in [0.05, 0.1) is 5.69 Å². The van der Waals surface area contributed by atoms with Crippen molar-refractivity contribution in [3.05, 3.63) is 54.9 Å². The molecule has 1 heterocycles. The first-order valence-electron chi connectivity index (χ1n) is 6.97. The predicted molar refractivity (Wildman–Crippen MR) is 84.4 cm³/mol. The number of nitrogens with two attached hydrogens (primary N) is 1. The van der Waals surface area contributed by atoms with Gasteiger partial charge < -0.3 is 10.6 Å². The van der Waals surface area contributed by atoms with Crippen molar-refractivity contribution in [1.29, 1.82) is 0 Å². The van der Waals surface area contributed by atoms with Crippen LogP contribution in [0.2, 0.25) is 0 Å². The van der Waals surface area contributed by atoms with Crippen LogP contribution < -0.4 is 5.73 Å². The quantitative estimate of drug-likeness (QED) is 0.654. The molecule has 0 atom stereocenters. The van der Waals surface area contributed by atoms with Gasteiger partial charge in [0.2, 0.25) is 0 Å². The number of amides is 1. The Morgan fingerprint density at radius 1 is 1.48 bits per heavy atom. The van der Waals surface area contributed by atoms with Gasteiger partial charge in [-0.3, -0.25) is 4.79 Å². The standard InChI is InChI=1S/C16H20N4O/c1-3-9-19(10-4-2)16(21)15-8-11-20(18-15)14-7-5-6-13(17)12-14/h3,5-8,11-12H,1,4,9-10,17H2,2H3. The summed E-state index contributed by atoms with van der Waals surface area (Å²) in [6.45, 7) is 6.94. The van der Waals surface area contributed by atoms with Crippen molar-refractivity contribution in [3.8, 4) is 5.69 Å². The summed E-state index contributed by atoms with van der Waals surface area (Å²) in [5.74, 6) is -0.0839. The lowest BCUT2D eigenvalue weighted by Gasteiger charge is -2.18. The van der Waals surface area contributed by atoms with Crippen LogP contribution in [0.5, 0.6) is 0 Å². The van der Waals surface area contributed by atoms with Gasteiger partial charge in [0, 0.05) is 25.0 Å². The van der Waals surface area contributed by atoms with Crippen molar-refractivity contribution in [2.45, 2.75) is 13.3 Å². The Hall–Kier alpha value is -2.56. The van der Waals surface area contributed by atoms with Crippen molar-refractivity contribution >= 4 is 11.6 Å². The molecule has 0 bridgehead atoms. The molecular weight excluding hydrogens is 264 g/mol. The van der Waals surface area contributed by atoms with Gasteiger partial charge in [-0.15, -0.1) is 6.58 Å². The van der Waals surface area contributed by atoms with Gasteiger partial charge in [0.15, 0.2) is 5.69 Å². The Kier molecular flexibility index (Phi) is 4.77. The largest absolute Gasteiger partial charge is 0.399 e. The topological polar surface area (TPSA) is 64.2 Å². The molecule has 0 radical (unpaired) electrons. The molecule has 5 nitrogen and oxygen atoms in total. The summed E-state index contributed by atoms with van der Waals surface area (Å²) in [5.41, 5.74) is 7.68. The number of hydrogen-bond donors (Lipinski definition) is 1. The van der Waals surface area contributed by atoms with E-state index in [1.807, 2.05) is 31.2 Å². The van der Waals surface area contributed by atoms with Crippen LogP contribution in [0.15, 0.2) is 49.2 Å². The highest BCUT2D eigenvalue weighted by atomic mass is 16.2. The van der Waals surface area contributed by atoms with Crippen LogP contribution >= 0.6 is 0 Å². The van der Waals surface area contributed by atoms with Gasteiger partial charge in [-0.2, -0.15) is 5.10 Å². The zero-order chi connectivity index (χ0) is 15.2. The highest BCUT2D eigenvalue weighted by Gasteiger charge is 2.16. The van der Waals surface area contributed by atoms with E-state index in [2.05, 4.69) is 11.7 Å². The molecule has 1 aromatic carbocycles. The van der Waals surface area contributed by atoms with Crippen LogP contribution in [0, 0.1) is 0 Å². The molecule has 2 aromatic rings. The van der Waals surface area contributed by atoms with Gasteiger partial charge in [-0.05, 0) is 30.7 Å². The molecule has 0 saturated heterocycles. The van der Waals surface area contributed by atoms with Crippen molar-refractivity contribution < 1.29 is 4.79 Å². The van der Waals surface area contributed by atoms with E-state index in [4.69, 9.17) is 5.73 Å². The van der Waals surface area contributed by atoms with Crippen molar-refractivity contribution in [2.75, 3.05) is 18.8 Å². The maximum absolute atomic E-state index is 12.4. The first-order valence-corrected chi connectivity index (χ1v) is 6.97. The van der Waals surface area contributed by atoms with Crippen LogP contribution in [0.1, 0.15) is 23.8 Å². The first kappa shape index (κ1) is 14.8. The molecule has 110 valence electrons. The van der Waals surface area contributed by atoms with E-state index in [9.17, 15) is 4.79 Å². The van der Waals surface area contributed by atoms with E-state index in [1.54, 1.807) is 27.9 Å². The third kappa shape index (κ3) is 3.51. The maximum atomic E-state index is 12.4. The summed E-state index contributed by atoms with van der Waals surface area (Å²) in [5, 5.41) is 4.34. The third-order valence-corrected chi connectivity index (χ3v) is 3.07. The molecular formula is C16H20N4O. The van der Waals surface area contributed by atoms with Gasteiger partial charge in [0.25, 0.3) is 5.91 Å². The van der Waals surface area contributed by atoms with Gasteiger partial charge in [0.1, 0.15) is 0 Å². The van der Waals surface area contributed by atoms with E-state index in [0.717, 1.165) is 12.1 Å². The van der Waals surface area contributed by atoms with E-state index in [-0.39, 0.29) is 5.91 Å². The fraction of sp³-hybridized carbons (Fsp3) is 0.250. The first-order chi connectivity index (χ1) is 10.2. The Morgan fingerprint density at radius 2 is 2.29 bits per heavy atom. The molecule has 0 fully saturated rings. The predicted octanol–water partition coefficient (Wildman–Crippen LogP) is 2.49. The molecule has 2 rings (SSSR count). The average molecular weight is 284 g/mol. The van der Waals surface area contributed by atoms with Crippen LogP contribution in [-0.2, 0) is 0 Å². The summed E-state index contributed by atoms with van der Waals surface area (Å²) in [6.07, 6.45) is 4.39. The number of nitrogens with zero attached hydrogens (tertiary/aromatic N) is 3. The molecule has 0 spiro atoms. The van der Waals surface area contributed by atoms with E-state index in [1.165, 1.54) is 0 Å². The number of carbonyl (C=O) groups excluding carboxylic acids is 1. The highest BCUT2D eigenvalue weighted by molar-refractivity contribution is 5.92. The maximum Gasteiger partial charge on any atom is 0.274 e. The van der Waals surface area contributed by atoms with Crippen LogP contribution in [0.4, 0.5) is 5.69 Å². The second-order valence-corrected chi connectivity index (χ2v) is 4.78. The van der Waals surface area contributed by atoms with Crippen LogP contribution in [0.25, 0.3) is 5.69 Å². The number of carbonyl (C=O) groups is 1. The van der Waals surface area contributed by atoms with Crippen LogP contribution in [-0.4, -0.2) is 33.7 Å². The van der Waals surface area contributed by atoms with Crippen molar-refractivity contribution in [1.82, 2.24) is 14.7 Å². The molecule has 21 heavy (non-hydrogen) atoms. The Bertz CT molecular complexity index is 633. The second-order valence-electron chi connectivity index (χ2n) is 4.78. The molecule has 0 aliphatic heterocycles. The normalized spacial score (nSPS) is 10.3. The summed E-state index contributed by atoms with van der Waals surface area (Å²) < 4.78 is 1.65. The van der Waals surface area contributed by atoms with Crippen molar-refractivity contribution in [3.63, 3.8) is 0 Å². The number of rotatable bonds is 6. The van der Waals surface area contributed by atoms with Crippen LogP contribution in [0.3, 0.4) is 0 Å². The lowest BCUT2D eigenvalue weighted by molar-refractivity contribution is 0.0767. The smallest absolute Gasteiger partial charge is 0.274 e. The summed E-state index contributed by atoms with van der Waals surface area (Å²) in [7, 11) is 0. The molecule has 1 aromatic heterocycles. The number of aromatic nitrogens is 2. The average Bonchev–Trinajstić information content (AvgIpc) is 2.96. The lowest BCUT2D eigenvalue weighted by Crippen LogP contribution is -2.32. The fourth-order valence-corrected chi connectivity index (χ4v) is 2.11. The Morgan fingerprint density at radius 3 is 2.95 bits per heavy atom. The zero-order valence-electron chi connectivity index (χ0n) is 12.2. The molecule has 0 aliphatic carbocycles. The second kappa shape index (κ2) is 6.74. The SMILES string of the molecule is C=CCN(CCC)C(=O)c1ccn(-c2cccc(N)c2)n1. The molecule has 0 aliphatic rings. The lowest BCUT2D eigenvalue weighted by atomic mass is 10.3. The molecule has 2 N–H and O–H groups in total. The highest BCUT2D eigenvalue weighted by Crippen LogP contribution is 2.12. The zero-order valence-corrected chi connectivity index (χ0v) is 12.2. The minimum atomic E-state index is -0.0839. The molecule has 5 heteroatoms. The molecule has 0 unspecified atom stereocenters. The van der Waals surface area contributed by atoms with Gasteiger partial charge >= 0.3 is 0 Å². The Balaban J connectivity index is 2.22. The minimum absolute atomic E-state index is 0.0839. The number of hydrogen-bond acceptors (Lipinski definition) is 3. The molecule has 1 amide bonds. The van der Waals surface area contributed by atoms with E-state index < -0.39 is 0 Å². The summed E-state index contributed by atoms with van der Waals surface area (Å²) in [4.78, 5) is 14.1. The molecule has 0 saturated carbocycles. The van der Waals surface area contributed by atoms with Gasteiger partial charge in [-0.25, -0.2) is 4.68 Å². The number of anilines is 1. The van der Waals surface area contributed by atoms with Gasteiger partial charge in [-0.1, -0.05) is 19.1 Å². The summed E-state index contributed by atoms with van der Waals surface area (Å²) >= 11 is 0. The van der Waals surface area contributed by atoms with E-state index in [0.29, 0.717) is 24.5 Å². The van der Waals surface area contributed by atoms with E-state index >= 15 is 0 Å². The monoisotopic (exact) mass is 284 g/mol. The fourth-order valence-electron chi connectivity index (χ4n) is 2.11. The minimum Gasteiger partial charge on any atom is -0.399 e. The summed E-state index contributed by atoms with van der Waals surface area (Å²) in [6, 6.07) is 9.10. The number of nitrogen functional groups attached to an aromatic ring is 1. The number of benzene rings is 1. The van der Waals surface area contributed by atoms with Crippen molar-refractivity contribution in [2.24, 2.45) is 0 Å².